The van der Waals surface area contributed by atoms with Crippen molar-refractivity contribution in [2.45, 2.75) is 4.83 Å². The lowest BCUT2D eigenvalue weighted by Gasteiger charge is -2.12. The maximum Gasteiger partial charge on any atom is 0.133 e. The molecular formula is C15H7Br2F3S. The summed E-state index contributed by atoms with van der Waals surface area (Å²) in [5.41, 5.74) is 0.566. The highest BCUT2D eigenvalue weighted by atomic mass is 79.9. The highest BCUT2D eigenvalue weighted by Crippen LogP contribution is 2.42. The van der Waals surface area contributed by atoms with Crippen LogP contribution in [0.3, 0.4) is 0 Å². The predicted octanol–water partition coefficient (Wildman–Crippen LogP) is 6.57. The van der Waals surface area contributed by atoms with Gasteiger partial charge in [0.15, 0.2) is 0 Å². The van der Waals surface area contributed by atoms with Crippen LogP contribution in [0.25, 0.3) is 10.1 Å². The van der Waals surface area contributed by atoms with Gasteiger partial charge in [0.2, 0.25) is 0 Å². The Morgan fingerprint density at radius 1 is 1.05 bits per heavy atom. The number of thiophene rings is 1. The van der Waals surface area contributed by atoms with Crippen LogP contribution in [0.2, 0.25) is 0 Å². The van der Waals surface area contributed by atoms with Gasteiger partial charge in [0.25, 0.3) is 0 Å². The van der Waals surface area contributed by atoms with Crippen molar-refractivity contribution in [1.82, 2.24) is 0 Å². The Morgan fingerprint density at radius 2 is 1.71 bits per heavy atom. The van der Waals surface area contributed by atoms with Crippen molar-refractivity contribution in [3.63, 3.8) is 0 Å². The molecule has 0 amide bonds. The van der Waals surface area contributed by atoms with Crippen molar-refractivity contribution in [3.8, 4) is 0 Å². The van der Waals surface area contributed by atoms with E-state index in [-0.39, 0.29) is 5.56 Å². The van der Waals surface area contributed by atoms with Gasteiger partial charge in [-0.2, -0.15) is 0 Å². The van der Waals surface area contributed by atoms with Crippen molar-refractivity contribution >= 4 is 53.3 Å². The van der Waals surface area contributed by atoms with Crippen LogP contribution in [-0.2, 0) is 0 Å². The molecule has 0 aliphatic rings. The molecular weight excluding hydrogens is 429 g/mol. The fourth-order valence-electron chi connectivity index (χ4n) is 2.19. The first kappa shape index (κ1) is 15.1. The van der Waals surface area contributed by atoms with Crippen LogP contribution in [0, 0.1) is 17.5 Å². The maximum absolute atomic E-state index is 13.9. The highest BCUT2D eigenvalue weighted by Gasteiger charge is 2.23. The summed E-state index contributed by atoms with van der Waals surface area (Å²) in [5, 5.41) is 2.75. The molecule has 0 spiro atoms. The normalized spacial score (nSPS) is 12.8. The van der Waals surface area contributed by atoms with Gasteiger partial charge in [-0.25, -0.2) is 13.2 Å². The van der Waals surface area contributed by atoms with Crippen LogP contribution in [0.15, 0.2) is 40.2 Å². The van der Waals surface area contributed by atoms with E-state index in [9.17, 15) is 13.2 Å². The van der Waals surface area contributed by atoms with Gasteiger partial charge in [-0.1, -0.05) is 28.1 Å². The van der Waals surface area contributed by atoms with Gasteiger partial charge < -0.3 is 0 Å². The Balaban J connectivity index is 2.18. The van der Waals surface area contributed by atoms with Crippen molar-refractivity contribution in [3.05, 3.63) is 68.8 Å². The molecule has 0 saturated carbocycles. The van der Waals surface area contributed by atoms with Gasteiger partial charge in [0.05, 0.1) is 4.83 Å². The van der Waals surface area contributed by atoms with E-state index < -0.39 is 22.3 Å². The summed E-state index contributed by atoms with van der Waals surface area (Å²) >= 11 is 8.27. The molecule has 6 heteroatoms. The summed E-state index contributed by atoms with van der Waals surface area (Å²) in [6.07, 6.45) is 0. The monoisotopic (exact) mass is 434 g/mol. The van der Waals surface area contributed by atoms with Crippen LogP contribution in [0.5, 0.6) is 0 Å². The van der Waals surface area contributed by atoms with E-state index in [1.165, 1.54) is 11.3 Å². The maximum atomic E-state index is 13.9. The van der Waals surface area contributed by atoms with Crippen LogP contribution < -0.4 is 0 Å². The number of fused-ring (bicyclic) bond motifs is 1. The molecule has 0 nitrogen and oxygen atoms in total. The van der Waals surface area contributed by atoms with Gasteiger partial charge >= 0.3 is 0 Å². The van der Waals surface area contributed by atoms with E-state index in [0.29, 0.717) is 12.1 Å². The molecule has 1 unspecified atom stereocenters. The van der Waals surface area contributed by atoms with Crippen LogP contribution in [-0.4, -0.2) is 0 Å². The van der Waals surface area contributed by atoms with Crippen molar-refractivity contribution in [2.75, 3.05) is 0 Å². The summed E-state index contributed by atoms with van der Waals surface area (Å²) in [5.74, 6) is -2.72. The molecule has 0 N–H and O–H groups in total. The molecule has 0 saturated heterocycles. The minimum atomic E-state index is -0.925. The van der Waals surface area contributed by atoms with Gasteiger partial charge in [-0.3, -0.25) is 0 Å². The largest absolute Gasteiger partial charge is 0.207 e. The molecule has 3 rings (SSSR count). The first-order chi connectivity index (χ1) is 9.99. The zero-order valence-electron chi connectivity index (χ0n) is 10.3. The molecule has 2 aromatic carbocycles. The fraction of sp³-hybridized carbons (Fsp3) is 0.0667. The topological polar surface area (TPSA) is 0 Å². The van der Waals surface area contributed by atoms with E-state index in [2.05, 4.69) is 31.9 Å². The molecule has 3 aromatic rings. The molecule has 1 heterocycles. The second-order valence-electron chi connectivity index (χ2n) is 4.45. The van der Waals surface area contributed by atoms with E-state index >= 15 is 0 Å². The smallest absolute Gasteiger partial charge is 0.133 e. The van der Waals surface area contributed by atoms with E-state index in [0.717, 1.165) is 20.1 Å². The molecule has 0 aliphatic heterocycles. The van der Waals surface area contributed by atoms with E-state index in [4.69, 9.17) is 0 Å². The Labute approximate surface area is 139 Å². The van der Waals surface area contributed by atoms with Gasteiger partial charge in [-0.05, 0) is 38.3 Å². The minimum Gasteiger partial charge on any atom is -0.207 e. The van der Waals surface area contributed by atoms with Gasteiger partial charge in [0, 0.05) is 26.9 Å². The zero-order valence-corrected chi connectivity index (χ0v) is 14.3. The summed E-state index contributed by atoms with van der Waals surface area (Å²) in [6.45, 7) is 0. The van der Waals surface area contributed by atoms with E-state index in [1.807, 2.05) is 23.6 Å². The fourth-order valence-corrected chi connectivity index (χ4v) is 4.83. The van der Waals surface area contributed by atoms with Crippen LogP contribution >= 0.6 is 43.2 Å². The summed E-state index contributed by atoms with van der Waals surface area (Å²) < 4.78 is 42.8. The molecule has 0 bridgehead atoms. The third kappa shape index (κ3) is 2.64. The minimum absolute atomic E-state index is 0.184. The Morgan fingerprint density at radius 3 is 2.38 bits per heavy atom. The second-order valence-corrected chi connectivity index (χ2v) is 7.10. The van der Waals surface area contributed by atoms with Gasteiger partial charge in [0.1, 0.15) is 17.5 Å². The second kappa shape index (κ2) is 5.74. The summed E-state index contributed by atoms with van der Waals surface area (Å²) in [7, 11) is 0. The standard InChI is InChI=1S/C15H7Br2F3S/c16-10-3-1-2-8-9(6-21-15(8)10)14(17)13-11(19)4-7(18)5-12(13)20/h1-6,14H. The number of hydrogen-bond donors (Lipinski definition) is 0. The summed E-state index contributed by atoms with van der Waals surface area (Å²) in [6, 6.07) is 7.04. The Bertz CT molecular complexity index is 806. The van der Waals surface area contributed by atoms with Crippen LogP contribution in [0.4, 0.5) is 13.2 Å². The third-order valence-corrected chi connectivity index (χ3v) is 6.07. The number of hydrogen-bond acceptors (Lipinski definition) is 1. The van der Waals surface area contributed by atoms with Gasteiger partial charge in [-0.15, -0.1) is 11.3 Å². The number of rotatable bonds is 2. The quantitative estimate of drug-likeness (QED) is 0.399. The molecule has 1 atom stereocenters. The Kier molecular flexibility index (Phi) is 4.12. The predicted molar refractivity (Wildman–Crippen MR) is 86.6 cm³/mol. The SMILES string of the molecule is Fc1cc(F)c(C(Br)c2csc3c(Br)cccc23)c(F)c1. The molecule has 0 aliphatic carbocycles. The average molecular weight is 436 g/mol. The van der Waals surface area contributed by atoms with Crippen molar-refractivity contribution < 1.29 is 13.2 Å². The van der Waals surface area contributed by atoms with E-state index in [1.54, 1.807) is 0 Å². The molecule has 21 heavy (non-hydrogen) atoms. The first-order valence-corrected chi connectivity index (χ1v) is 8.52. The molecule has 108 valence electrons. The number of alkyl halides is 1. The van der Waals surface area contributed by atoms with Crippen molar-refractivity contribution in [2.24, 2.45) is 0 Å². The molecule has 0 radical (unpaired) electrons. The lowest BCUT2D eigenvalue weighted by atomic mass is 10.0. The van der Waals surface area contributed by atoms with Crippen LogP contribution in [0.1, 0.15) is 16.0 Å². The number of benzene rings is 2. The lowest BCUT2D eigenvalue weighted by molar-refractivity contribution is 0.527. The molecule has 0 fully saturated rings. The zero-order chi connectivity index (χ0) is 15.1. The average Bonchev–Trinajstić information content (AvgIpc) is 2.82. The third-order valence-electron chi connectivity index (χ3n) is 3.15. The van der Waals surface area contributed by atoms with Crippen molar-refractivity contribution in [1.29, 1.82) is 0 Å². The first-order valence-electron chi connectivity index (χ1n) is 5.93. The highest BCUT2D eigenvalue weighted by molar-refractivity contribution is 9.10. The number of halogens is 5. The lowest BCUT2D eigenvalue weighted by Crippen LogP contribution is -2.01. The molecule has 1 aromatic heterocycles. The Hall–Kier alpha value is -0.850. The summed E-state index contributed by atoms with van der Waals surface area (Å²) in [4.78, 5) is -0.679.